The zero-order valence-corrected chi connectivity index (χ0v) is 13.6. The minimum Gasteiger partial charge on any atom is -0.497 e. The second-order valence-electron chi connectivity index (χ2n) is 4.83. The van der Waals surface area contributed by atoms with Crippen LogP contribution in [0.15, 0.2) is 54.1 Å². The Balaban J connectivity index is 2.20. The molecule has 2 aromatic carbocycles. The number of carbonyl (C=O) groups is 1. The number of hydrogen-bond acceptors (Lipinski definition) is 4. The van der Waals surface area contributed by atoms with Crippen molar-refractivity contribution in [1.29, 1.82) is 5.26 Å². The third kappa shape index (κ3) is 4.37. The first kappa shape index (κ1) is 17.1. The van der Waals surface area contributed by atoms with E-state index in [4.69, 9.17) is 9.47 Å². The van der Waals surface area contributed by atoms with Gasteiger partial charge in [0.05, 0.1) is 19.4 Å². The molecule has 0 spiro atoms. The van der Waals surface area contributed by atoms with E-state index in [0.29, 0.717) is 23.8 Å². The SMILES string of the molecule is CCOc1ccccc1NC(=O)/C(C#N)=C/c1ccc(OC)cc1. The number of nitriles is 1. The average Bonchev–Trinajstić information content (AvgIpc) is 2.62. The normalized spacial score (nSPS) is 10.6. The Morgan fingerprint density at radius 3 is 2.54 bits per heavy atom. The first-order chi connectivity index (χ1) is 11.7. The summed E-state index contributed by atoms with van der Waals surface area (Å²) in [6, 6.07) is 16.1. The molecule has 1 amide bonds. The molecule has 0 saturated heterocycles. The topological polar surface area (TPSA) is 71.3 Å². The largest absolute Gasteiger partial charge is 0.497 e. The number of rotatable bonds is 6. The van der Waals surface area contributed by atoms with E-state index in [1.165, 1.54) is 6.08 Å². The van der Waals surface area contributed by atoms with Crippen molar-refractivity contribution in [1.82, 2.24) is 0 Å². The third-order valence-electron chi connectivity index (χ3n) is 3.23. The van der Waals surface area contributed by atoms with Gasteiger partial charge in [0.25, 0.3) is 5.91 Å². The molecule has 0 atom stereocenters. The number of para-hydroxylation sites is 2. The summed E-state index contributed by atoms with van der Waals surface area (Å²) in [6.45, 7) is 2.35. The van der Waals surface area contributed by atoms with Crippen molar-refractivity contribution in [3.05, 3.63) is 59.7 Å². The van der Waals surface area contributed by atoms with E-state index >= 15 is 0 Å². The summed E-state index contributed by atoms with van der Waals surface area (Å²) >= 11 is 0. The molecule has 0 aliphatic rings. The third-order valence-corrected chi connectivity index (χ3v) is 3.23. The predicted octanol–water partition coefficient (Wildman–Crippen LogP) is 3.64. The number of anilines is 1. The number of hydrogen-bond donors (Lipinski definition) is 1. The van der Waals surface area contributed by atoms with Gasteiger partial charge in [-0.1, -0.05) is 24.3 Å². The van der Waals surface area contributed by atoms with E-state index < -0.39 is 5.91 Å². The van der Waals surface area contributed by atoms with E-state index in [2.05, 4.69) is 5.32 Å². The van der Waals surface area contributed by atoms with E-state index in [1.807, 2.05) is 19.1 Å². The van der Waals surface area contributed by atoms with Crippen molar-refractivity contribution in [3.63, 3.8) is 0 Å². The Morgan fingerprint density at radius 1 is 1.21 bits per heavy atom. The fraction of sp³-hybridized carbons (Fsp3) is 0.158. The van der Waals surface area contributed by atoms with Gasteiger partial charge in [0.15, 0.2) is 0 Å². The Kier molecular flexibility index (Phi) is 5.98. The molecule has 122 valence electrons. The van der Waals surface area contributed by atoms with Crippen LogP contribution in [-0.4, -0.2) is 19.6 Å². The minimum absolute atomic E-state index is 0.00599. The standard InChI is InChI=1S/C19H18N2O3/c1-3-24-18-7-5-4-6-17(18)21-19(22)15(13-20)12-14-8-10-16(23-2)11-9-14/h4-12H,3H2,1-2H3,(H,21,22)/b15-12+. The molecule has 1 N–H and O–H groups in total. The first-order valence-electron chi connectivity index (χ1n) is 7.47. The average molecular weight is 322 g/mol. The highest BCUT2D eigenvalue weighted by molar-refractivity contribution is 6.10. The lowest BCUT2D eigenvalue weighted by Crippen LogP contribution is -2.14. The molecule has 0 aliphatic heterocycles. The summed E-state index contributed by atoms with van der Waals surface area (Å²) in [5.74, 6) is 0.788. The van der Waals surface area contributed by atoms with E-state index in [0.717, 1.165) is 5.56 Å². The van der Waals surface area contributed by atoms with Crippen molar-refractivity contribution in [2.45, 2.75) is 6.92 Å². The van der Waals surface area contributed by atoms with Crippen LogP contribution in [0.4, 0.5) is 5.69 Å². The van der Waals surface area contributed by atoms with Gasteiger partial charge in [0, 0.05) is 0 Å². The van der Waals surface area contributed by atoms with Crippen molar-refractivity contribution in [2.24, 2.45) is 0 Å². The van der Waals surface area contributed by atoms with Crippen LogP contribution in [0.3, 0.4) is 0 Å². The minimum atomic E-state index is -0.486. The second kappa shape index (κ2) is 8.39. The van der Waals surface area contributed by atoms with Gasteiger partial charge in [0.2, 0.25) is 0 Å². The maximum Gasteiger partial charge on any atom is 0.266 e. The molecule has 5 nitrogen and oxygen atoms in total. The molecule has 0 aliphatic carbocycles. The van der Waals surface area contributed by atoms with Crippen LogP contribution in [0.5, 0.6) is 11.5 Å². The van der Waals surface area contributed by atoms with E-state index in [9.17, 15) is 10.1 Å². The molecule has 2 rings (SSSR count). The number of benzene rings is 2. The van der Waals surface area contributed by atoms with Crippen molar-refractivity contribution in [2.75, 3.05) is 19.0 Å². The summed E-state index contributed by atoms with van der Waals surface area (Å²) < 4.78 is 10.5. The molecular formula is C19H18N2O3. The monoisotopic (exact) mass is 322 g/mol. The summed E-state index contributed by atoms with van der Waals surface area (Å²) in [5, 5.41) is 12.0. The molecule has 0 heterocycles. The molecule has 0 aromatic heterocycles. The van der Waals surface area contributed by atoms with Gasteiger partial charge < -0.3 is 14.8 Å². The van der Waals surface area contributed by atoms with Crippen LogP contribution >= 0.6 is 0 Å². The summed E-state index contributed by atoms with van der Waals surface area (Å²) in [5.41, 5.74) is 1.27. The van der Waals surface area contributed by atoms with Crippen molar-refractivity contribution >= 4 is 17.7 Å². The van der Waals surface area contributed by atoms with E-state index in [-0.39, 0.29) is 5.57 Å². The van der Waals surface area contributed by atoms with Gasteiger partial charge in [-0.05, 0) is 42.8 Å². The quantitative estimate of drug-likeness (QED) is 0.651. The maximum absolute atomic E-state index is 12.3. The number of nitrogens with zero attached hydrogens (tertiary/aromatic N) is 1. The van der Waals surface area contributed by atoms with E-state index in [1.54, 1.807) is 49.6 Å². The molecule has 0 saturated carbocycles. The van der Waals surface area contributed by atoms with Crippen LogP contribution < -0.4 is 14.8 Å². The highest BCUT2D eigenvalue weighted by Crippen LogP contribution is 2.24. The molecule has 2 aromatic rings. The summed E-state index contributed by atoms with van der Waals surface area (Å²) in [4.78, 5) is 12.3. The van der Waals surface area contributed by atoms with Gasteiger partial charge in [-0.2, -0.15) is 5.26 Å². The fourth-order valence-electron chi connectivity index (χ4n) is 2.06. The fourth-order valence-corrected chi connectivity index (χ4v) is 2.06. The smallest absolute Gasteiger partial charge is 0.266 e. The second-order valence-corrected chi connectivity index (χ2v) is 4.83. The number of carbonyl (C=O) groups excluding carboxylic acids is 1. The highest BCUT2D eigenvalue weighted by atomic mass is 16.5. The van der Waals surface area contributed by atoms with Crippen molar-refractivity contribution < 1.29 is 14.3 Å². The van der Waals surface area contributed by atoms with Crippen LogP contribution in [0, 0.1) is 11.3 Å². The Bertz CT molecular complexity index is 774. The zero-order valence-electron chi connectivity index (χ0n) is 13.6. The zero-order chi connectivity index (χ0) is 17.4. The van der Waals surface area contributed by atoms with Gasteiger partial charge >= 0.3 is 0 Å². The molecular weight excluding hydrogens is 304 g/mol. The van der Waals surface area contributed by atoms with Gasteiger partial charge in [-0.25, -0.2) is 0 Å². The lowest BCUT2D eigenvalue weighted by atomic mass is 10.1. The Morgan fingerprint density at radius 2 is 1.92 bits per heavy atom. The summed E-state index contributed by atoms with van der Waals surface area (Å²) in [7, 11) is 1.58. The van der Waals surface area contributed by atoms with Crippen LogP contribution in [0.25, 0.3) is 6.08 Å². The van der Waals surface area contributed by atoms with Crippen LogP contribution in [0.1, 0.15) is 12.5 Å². The van der Waals surface area contributed by atoms with Gasteiger partial charge in [0.1, 0.15) is 23.1 Å². The number of methoxy groups -OCH3 is 1. The molecule has 0 radical (unpaired) electrons. The maximum atomic E-state index is 12.3. The Labute approximate surface area is 141 Å². The number of ether oxygens (including phenoxy) is 2. The molecule has 24 heavy (non-hydrogen) atoms. The lowest BCUT2D eigenvalue weighted by Gasteiger charge is -2.10. The Hall–Kier alpha value is -3.26. The molecule has 0 unspecified atom stereocenters. The van der Waals surface area contributed by atoms with Gasteiger partial charge in [-0.15, -0.1) is 0 Å². The van der Waals surface area contributed by atoms with Crippen molar-refractivity contribution in [3.8, 4) is 17.6 Å². The van der Waals surface area contributed by atoms with Gasteiger partial charge in [-0.3, -0.25) is 4.79 Å². The first-order valence-corrected chi connectivity index (χ1v) is 7.47. The number of amides is 1. The molecule has 0 fully saturated rings. The highest BCUT2D eigenvalue weighted by Gasteiger charge is 2.12. The molecule has 0 bridgehead atoms. The van der Waals surface area contributed by atoms with Crippen LogP contribution in [-0.2, 0) is 4.79 Å². The predicted molar refractivity (Wildman–Crippen MR) is 92.8 cm³/mol. The van der Waals surface area contributed by atoms with Crippen LogP contribution in [0.2, 0.25) is 0 Å². The number of nitrogens with one attached hydrogen (secondary N) is 1. The summed E-state index contributed by atoms with van der Waals surface area (Å²) in [6.07, 6.45) is 1.53. The lowest BCUT2D eigenvalue weighted by molar-refractivity contribution is -0.112. The molecule has 5 heteroatoms.